The van der Waals surface area contributed by atoms with E-state index >= 15 is 0 Å². The van der Waals surface area contributed by atoms with Gasteiger partial charge in [-0.05, 0) is 13.8 Å². The molecule has 54 valence electrons. The lowest BCUT2D eigenvalue weighted by Gasteiger charge is -1.98. The Balaban J connectivity index is 3.46. The number of hydrogen-bond acceptors (Lipinski definition) is 3. The summed E-state index contributed by atoms with van der Waals surface area (Å²) < 4.78 is 0.720. The van der Waals surface area contributed by atoms with E-state index in [1.165, 1.54) is 0 Å². The summed E-state index contributed by atoms with van der Waals surface area (Å²) >= 11 is 9.12. The molecule has 0 fully saturated rings. The number of thiol groups is 1. The highest BCUT2D eigenvalue weighted by atomic mass is 32.1. The van der Waals surface area contributed by atoms with Crippen molar-refractivity contribution >= 4 is 24.8 Å². The van der Waals surface area contributed by atoms with Gasteiger partial charge in [0.2, 0.25) is 0 Å². The molecule has 0 aliphatic heterocycles. The fourth-order valence-corrected chi connectivity index (χ4v) is 1.21. The number of aryl methyl sites for hydroxylation is 1. The largest absolute Gasteiger partial charge is 0.335 e. The minimum Gasteiger partial charge on any atom is -0.335 e. The molecule has 0 aliphatic rings. The van der Waals surface area contributed by atoms with Crippen LogP contribution in [0.25, 0.3) is 0 Å². The van der Waals surface area contributed by atoms with Gasteiger partial charge in [0.25, 0.3) is 0 Å². The molecule has 0 saturated carbocycles. The van der Waals surface area contributed by atoms with Gasteiger partial charge in [0.1, 0.15) is 15.5 Å². The zero-order valence-corrected chi connectivity index (χ0v) is 7.51. The molecule has 4 heteroatoms. The maximum Gasteiger partial charge on any atom is 0.110 e. The average Bonchev–Trinajstić information content (AvgIpc) is 1.82. The summed E-state index contributed by atoms with van der Waals surface area (Å²) in [7, 11) is 0. The maximum absolute atomic E-state index is 4.98. The second kappa shape index (κ2) is 2.72. The van der Waals surface area contributed by atoms with Gasteiger partial charge in [-0.2, -0.15) is 0 Å². The summed E-state index contributed by atoms with van der Waals surface area (Å²) in [4.78, 5) is 7.01. The molecule has 10 heavy (non-hydrogen) atoms. The van der Waals surface area contributed by atoms with Gasteiger partial charge in [-0.25, -0.2) is 4.98 Å². The number of rotatable bonds is 0. The first-order valence-corrected chi connectivity index (χ1v) is 3.73. The fraction of sp³-hybridized carbons (Fsp3) is 0.333. The van der Waals surface area contributed by atoms with Gasteiger partial charge in [-0.3, -0.25) is 0 Å². The van der Waals surface area contributed by atoms with Crippen molar-refractivity contribution < 1.29 is 0 Å². The summed E-state index contributed by atoms with van der Waals surface area (Å²) in [5, 5.41) is 0.709. The van der Waals surface area contributed by atoms with Crippen LogP contribution in [0, 0.1) is 18.5 Å². The van der Waals surface area contributed by atoms with Crippen LogP contribution in [0.5, 0.6) is 0 Å². The number of nitrogens with zero attached hydrogens (tertiary/aromatic N) is 1. The zero-order valence-electron chi connectivity index (χ0n) is 5.80. The minimum absolute atomic E-state index is 0.709. The molecular weight excluding hydrogens is 164 g/mol. The number of H-pyrrole nitrogens is 1. The van der Waals surface area contributed by atoms with Crippen LogP contribution < -0.4 is 0 Å². The van der Waals surface area contributed by atoms with E-state index in [1.807, 2.05) is 13.8 Å². The summed E-state index contributed by atoms with van der Waals surface area (Å²) in [5.41, 5.74) is 0.934. The third-order valence-electron chi connectivity index (χ3n) is 1.24. The SMILES string of the molecule is Cc1nc(S)c(C)c(=S)[nH]1. The topological polar surface area (TPSA) is 28.7 Å². The van der Waals surface area contributed by atoms with Crippen molar-refractivity contribution in [3.05, 3.63) is 16.0 Å². The highest BCUT2D eigenvalue weighted by Crippen LogP contribution is 2.09. The standard InChI is InChI=1S/C6H8N2S2/c1-3-5(9)7-4(2)8-6(3)10/h1-2H3,(H2,7,8,9,10). The van der Waals surface area contributed by atoms with Gasteiger partial charge in [0.15, 0.2) is 0 Å². The van der Waals surface area contributed by atoms with Crippen molar-refractivity contribution in [1.82, 2.24) is 9.97 Å². The van der Waals surface area contributed by atoms with Crippen LogP contribution in [0.2, 0.25) is 0 Å². The van der Waals surface area contributed by atoms with Gasteiger partial charge in [-0.1, -0.05) is 12.2 Å². The highest BCUT2D eigenvalue weighted by molar-refractivity contribution is 7.80. The van der Waals surface area contributed by atoms with E-state index in [1.54, 1.807) is 0 Å². The number of hydrogen-bond donors (Lipinski definition) is 2. The zero-order chi connectivity index (χ0) is 7.72. The Bertz CT molecular complexity index is 303. The first-order chi connectivity index (χ1) is 4.61. The molecule has 1 rings (SSSR count). The molecule has 2 nitrogen and oxygen atoms in total. The van der Waals surface area contributed by atoms with E-state index in [9.17, 15) is 0 Å². The van der Waals surface area contributed by atoms with Gasteiger partial charge >= 0.3 is 0 Å². The lowest BCUT2D eigenvalue weighted by atomic mass is 10.4. The van der Waals surface area contributed by atoms with E-state index in [2.05, 4.69) is 22.6 Å². The fourth-order valence-electron chi connectivity index (χ4n) is 0.630. The molecular formula is C6H8N2S2. The lowest BCUT2D eigenvalue weighted by Crippen LogP contribution is -1.92. The highest BCUT2D eigenvalue weighted by Gasteiger charge is 1.96. The predicted molar refractivity (Wildman–Crippen MR) is 46.1 cm³/mol. The van der Waals surface area contributed by atoms with Crippen molar-refractivity contribution in [2.75, 3.05) is 0 Å². The van der Waals surface area contributed by atoms with Crippen LogP contribution >= 0.6 is 24.8 Å². The normalized spacial score (nSPS) is 9.90. The molecule has 0 amide bonds. The lowest BCUT2D eigenvalue weighted by molar-refractivity contribution is 0.931. The maximum atomic E-state index is 4.98. The van der Waals surface area contributed by atoms with E-state index in [4.69, 9.17) is 12.2 Å². The third-order valence-corrected chi connectivity index (χ3v) is 2.09. The van der Waals surface area contributed by atoms with E-state index in [0.29, 0.717) is 5.03 Å². The van der Waals surface area contributed by atoms with Crippen molar-refractivity contribution in [2.24, 2.45) is 0 Å². The molecule has 0 spiro atoms. The Hall–Kier alpha value is -0.350. The Morgan fingerprint density at radius 2 is 2.10 bits per heavy atom. The summed E-state index contributed by atoms with van der Waals surface area (Å²) in [6.07, 6.45) is 0. The van der Waals surface area contributed by atoms with Gasteiger partial charge < -0.3 is 4.98 Å². The molecule has 0 atom stereocenters. The molecule has 1 N–H and O–H groups in total. The molecule has 1 heterocycles. The molecule has 0 aromatic carbocycles. The Morgan fingerprint density at radius 3 is 2.60 bits per heavy atom. The van der Waals surface area contributed by atoms with Crippen LogP contribution in [-0.4, -0.2) is 9.97 Å². The quantitative estimate of drug-likeness (QED) is 0.356. The molecule has 1 aromatic heterocycles. The third kappa shape index (κ3) is 1.38. The van der Waals surface area contributed by atoms with E-state index < -0.39 is 0 Å². The predicted octanol–water partition coefficient (Wildman–Crippen LogP) is 2.04. The number of aromatic amines is 1. The van der Waals surface area contributed by atoms with Crippen LogP contribution in [0.4, 0.5) is 0 Å². The van der Waals surface area contributed by atoms with Gasteiger partial charge in [0, 0.05) is 5.56 Å². The second-order valence-electron chi connectivity index (χ2n) is 2.10. The van der Waals surface area contributed by atoms with Gasteiger partial charge in [-0.15, -0.1) is 12.6 Å². The molecule has 0 bridgehead atoms. The van der Waals surface area contributed by atoms with E-state index in [-0.39, 0.29) is 0 Å². The second-order valence-corrected chi connectivity index (χ2v) is 2.93. The van der Waals surface area contributed by atoms with Crippen molar-refractivity contribution in [3.63, 3.8) is 0 Å². The molecule has 1 aromatic rings. The monoisotopic (exact) mass is 172 g/mol. The minimum atomic E-state index is 0.709. The first-order valence-electron chi connectivity index (χ1n) is 2.87. The van der Waals surface area contributed by atoms with Crippen LogP contribution in [0.3, 0.4) is 0 Å². The first kappa shape index (κ1) is 7.75. The number of nitrogens with one attached hydrogen (secondary N) is 1. The molecule has 0 unspecified atom stereocenters. The molecule has 0 radical (unpaired) electrons. The van der Waals surface area contributed by atoms with Crippen LogP contribution in [0.15, 0.2) is 5.03 Å². The Kier molecular flexibility index (Phi) is 2.11. The van der Waals surface area contributed by atoms with Crippen molar-refractivity contribution in [1.29, 1.82) is 0 Å². The molecule has 0 aliphatic carbocycles. The van der Waals surface area contributed by atoms with Crippen molar-refractivity contribution in [3.8, 4) is 0 Å². The molecule has 0 saturated heterocycles. The smallest absolute Gasteiger partial charge is 0.110 e. The van der Waals surface area contributed by atoms with Gasteiger partial charge in [0.05, 0.1) is 0 Å². The summed E-state index contributed by atoms with van der Waals surface area (Å²) in [6, 6.07) is 0. The average molecular weight is 172 g/mol. The number of aromatic nitrogens is 2. The Morgan fingerprint density at radius 1 is 1.50 bits per heavy atom. The van der Waals surface area contributed by atoms with Crippen molar-refractivity contribution in [2.45, 2.75) is 18.9 Å². The Labute approximate surface area is 70.1 Å². The summed E-state index contributed by atoms with van der Waals surface area (Å²) in [6.45, 7) is 3.75. The summed E-state index contributed by atoms with van der Waals surface area (Å²) in [5.74, 6) is 0.806. The van der Waals surface area contributed by atoms with Crippen LogP contribution in [-0.2, 0) is 0 Å². The van der Waals surface area contributed by atoms with Crippen LogP contribution in [0.1, 0.15) is 11.4 Å². The van der Waals surface area contributed by atoms with E-state index in [0.717, 1.165) is 16.0 Å².